The van der Waals surface area contributed by atoms with Crippen molar-refractivity contribution in [3.63, 3.8) is 0 Å². The molecule has 3 aromatic heterocycles. The molecule has 0 saturated carbocycles. The van der Waals surface area contributed by atoms with E-state index in [2.05, 4.69) is 20.6 Å². The lowest BCUT2D eigenvalue weighted by Gasteiger charge is -2.28. The van der Waals surface area contributed by atoms with Crippen LogP contribution >= 0.6 is 0 Å². The smallest absolute Gasteiger partial charge is 0.380 e. The van der Waals surface area contributed by atoms with Gasteiger partial charge in [0.15, 0.2) is 5.82 Å². The summed E-state index contributed by atoms with van der Waals surface area (Å²) in [7, 11) is 3.34. The van der Waals surface area contributed by atoms with Gasteiger partial charge < -0.3 is 24.8 Å². The Labute approximate surface area is 282 Å². The summed E-state index contributed by atoms with van der Waals surface area (Å²) >= 11 is 0. The summed E-state index contributed by atoms with van der Waals surface area (Å²) in [6.07, 6.45) is 0.485. The van der Waals surface area contributed by atoms with Crippen molar-refractivity contribution in [2.24, 2.45) is 7.05 Å². The second kappa shape index (κ2) is 12.6. The number of carbonyl (C=O) groups excluding carboxylic acids is 2. The Kier molecular flexibility index (Phi) is 8.42. The van der Waals surface area contributed by atoms with Crippen molar-refractivity contribution < 1.29 is 36.3 Å². The van der Waals surface area contributed by atoms with E-state index in [4.69, 9.17) is 4.74 Å². The van der Waals surface area contributed by atoms with Crippen molar-refractivity contribution in [1.29, 1.82) is 0 Å². The van der Waals surface area contributed by atoms with Gasteiger partial charge in [-0.3, -0.25) is 14.0 Å². The molecule has 15 heteroatoms. The lowest BCUT2D eigenvalue weighted by Crippen LogP contribution is -2.29. The van der Waals surface area contributed by atoms with Crippen molar-refractivity contribution >= 4 is 39.6 Å². The van der Waals surface area contributed by atoms with Gasteiger partial charge in [-0.05, 0) is 37.6 Å². The number of amides is 1. The minimum absolute atomic E-state index is 0.106. The maximum atomic E-state index is 15.2. The number of carbonyl (C=O) groups is 2. The molecule has 10 nitrogen and oxygen atoms in total. The van der Waals surface area contributed by atoms with Crippen LogP contribution in [0.1, 0.15) is 39.7 Å². The van der Waals surface area contributed by atoms with E-state index in [-0.39, 0.29) is 41.5 Å². The molecule has 0 unspecified atom stereocenters. The average Bonchev–Trinajstić information content (AvgIpc) is 3.79. The van der Waals surface area contributed by atoms with Crippen LogP contribution in [0.2, 0.25) is 0 Å². The van der Waals surface area contributed by atoms with Crippen LogP contribution in [-0.2, 0) is 29.2 Å². The van der Waals surface area contributed by atoms with E-state index in [0.717, 1.165) is 30.7 Å². The number of benzene rings is 2. The van der Waals surface area contributed by atoms with Crippen molar-refractivity contribution in [3.05, 3.63) is 88.8 Å². The molecule has 1 atom stereocenters. The quantitative estimate of drug-likeness (QED) is 0.130. The molecule has 0 radical (unpaired) electrons. The van der Waals surface area contributed by atoms with Crippen molar-refractivity contribution in [1.82, 2.24) is 24.3 Å². The summed E-state index contributed by atoms with van der Waals surface area (Å²) in [5.74, 6) is -3.69. The number of ether oxygens (including phenoxy) is 1. The molecule has 5 aromatic rings. The number of fused-ring (bicyclic) bond motifs is 4. The van der Waals surface area contributed by atoms with Crippen LogP contribution < -0.4 is 15.5 Å². The Morgan fingerprint density at radius 3 is 2.58 bits per heavy atom. The molecule has 0 bridgehead atoms. The predicted molar refractivity (Wildman–Crippen MR) is 176 cm³/mol. The number of anilines is 2. The molecule has 1 fully saturated rings. The number of pyridine rings is 1. The second-order valence-corrected chi connectivity index (χ2v) is 12.4. The molecule has 0 aliphatic carbocycles. The largest absolute Gasteiger partial charge is 0.417 e. The topological polar surface area (TPSA) is 106 Å². The summed E-state index contributed by atoms with van der Waals surface area (Å²) in [5.41, 5.74) is -0.282. The van der Waals surface area contributed by atoms with E-state index < -0.39 is 46.3 Å². The van der Waals surface area contributed by atoms with E-state index in [1.54, 1.807) is 30.5 Å². The third kappa shape index (κ3) is 5.79. The molecule has 2 aliphatic rings. The second-order valence-electron chi connectivity index (χ2n) is 12.4. The number of halogens is 5. The lowest BCUT2D eigenvalue weighted by molar-refractivity contribution is -0.137. The van der Waals surface area contributed by atoms with Crippen LogP contribution in [0.15, 0.2) is 48.7 Å². The Morgan fingerprint density at radius 1 is 1.12 bits per heavy atom. The van der Waals surface area contributed by atoms with Gasteiger partial charge in [-0.1, -0.05) is 12.1 Å². The standard InChI is InChI=1S/C35H32F5N7O3/c1-18-42-30-26(46(18)3)16-22(35(38,39)40)28-21-6-5-11-47-31(21)25(8-12-45(2)32(28)30)43-34(47)33(49)19-14-23(36)29(24(37)15-19)44-27(48)7-4-10-41-20-9-13-50-17-20/h4-7,11,14-16,20,41H,8-10,12-13,17H2,1-3H3,(H,44,48)/b7-4+/t20-/m0/s1. The molecule has 50 heavy (non-hydrogen) atoms. The number of hydrogen-bond donors (Lipinski definition) is 2. The zero-order valence-electron chi connectivity index (χ0n) is 27.3. The number of hydrogen-bond acceptors (Lipinski definition) is 7. The minimum atomic E-state index is -4.74. The average molecular weight is 694 g/mol. The minimum Gasteiger partial charge on any atom is -0.380 e. The van der Waals surface area contributed by atoms with Gasteiger partial charge >= 0.3 is 6.18 Å². The predicted octanol–water partition coefficient (Wildman–Crippen LogP) is 5.59. The third-order valence-corrected chi connectivity index (χ3v) is 9.23. The van der Waals surface area contributed by atoms with Gasteiger partial charge in [0.1, 0.15) is 28.7 Å². The van der Waals surface area contributed by atoms with Crippen molar-refractivity contribution in [2.45, 2.75) is 32.0 Å². The van der Waals surface area contributed by atoms with Crippen LogP contribution in [0.3, 0.4) is 0 Å². The van der Waals surface area contributed by atoms with Gasteiger partial charge in [0.25, 0.3) is 0 Å². The first-order chi connectivity index (χ1) is 23.8. The highest BCUT2D eigenvalue weighted by molar-refractivity contribution is 6.09. The number of ketones is 1. The van der Waals surface area contributed by atoms with E-state index in [1.807, 2.05) is 0 Å². The number of imidazole rings is 2. The van der Waals surface area contributed by atoms with Crippen LogP contribution in [-0.4, -0.2) is 70.0 Å². The normalized spacial score (nSPS) is 16.3. The number of nitrogens with zero attached hydrogens (tertiary/aromatic N) is 5. The van der Waals surface area contributed by atoms with Gasteiger partial charge in [0, 0.05) is 75.2 Å². The first kappa shape index (κ1) is 33.4. The fourth-order valence-corrected chi connectivity index (χ4v) is 6.64. The van der Waals surface area contributed by atoms with E-state index in [0.29, 0.717) is 48.0 Å². The SMILES string of the molecule is Cc1nc2c3c(c(C(F)(F)F)cc2n1C)-c1cccn2c(C(=O)c4cc(F)c(NC(=O)/C=C/CN[C@H]5CCOC5)c(F)c4)nc(c12)CCN3C. The van der Waals surface area contributed by atoms with Gasteiger partial charge in [0.2, 0.25) is 11.7 Å². The Hall–Kier alpha value is -5.15. The van der Waals surface area contributed by atoms with Gasteiger partial charge in [-0.15, -0.1) is 0 Å². The Bertz CT molecular complexity index is 2190. The van der Waals surface area contributed by atoms with Crippen LogP contribution in [0.25, 0.3) is 27.7 Å². The summed E-state index contributed by atoms with van der Waals surface area (Å²) in [4.78, 5) is 37.0. The van der Waals surface area contributed by atoms with Gasteiger partial charge in [-0.2, -0.15) is 13.2 Å². The number of rotatable bonds is 7. The molecule has 1 amide bonds. The molecule has 0 spiro atoms. The maximum absolute atomic E-state index is 15.2. The van der Waals surface area contributed by atoms with Crippen molar-refractivity contribution in [2.75, 3.05) is 43.6 Å². The molecule has 1 saturated heterocycles. The molecule has 7 rings (SSSR count). The highest BCUT2D eigenvalue weighted by Gasteiger charge is 2.39. The number of aromatic nitrogens is 4. The van der Waals surface area contributed by atoms with Crippen LogP contribution in [0, 0.1) is 18.6 Å². The summed E-state index contributed by atoms with van der Waals surface area (Å²) in [5, 5.41) is 5.35. The van der Waals surface area contributed by atoms with E-state index in [9.17, 15) is 22.8 Å². The van der Waals surface area contributed by atoms with Gasteiger partial charge in [-0.25, -0.2) is 18.7 Å². The van der Waals surface area contributed by atoms with Crippen LogP contribution in [0.4, 0.5) is 33.3 Å². The molecule has 2 aromatic carbocycles. The molecular weight excluding hydrogens is 661 g/mol. The molecule has 5 heterocycles. The number of aryl methyl sites for hydroxylation is 2. The molecule has 260 valence electrons. The fraction of sp³-hybridized carbons (Fsp3) is 0.314. The van der Waals surface area contributed by atoms with Crippen molar-refractivity contribution in [3.8, 4) is 11.1 Å². The Morgan fingerprint density at radius 2 is 1.88 bits per heavy atom. The number of alkyl halides is 3. The molecule has 2 N–H and O–H groups in total. The highest BCUT2D eigenvalue weighted by Crippen LogP contribution is 2.48. The zero-order valence-corrected chi connectivity index (χ0v) is 27.3. The monoisotopic (exact) mass is 693 g/mol. The summed E-state index contributed by atoms with van der Waals surface area (Å²) < 4.78 is 83.1. The van der Waals surface area contributed by atoms with Crippen LogP contribution in [0.5, 0.6) is 0 Å². The number of likely N-dealkylation sites (N-methyl/N-ethyl adjacent to an activating group) is 1. The summed E-state index contributed by atoms with van der Waals surface area (Å²) in [6, 6.07) is 5.86. The third-order valence-electron chi connectivity index (χ3n) is 9.23. The first-order valence-corrected chi connectivity index (χ1v) is 15.9. The maximum Gasteiger partial charge on any atom is 0.417 e. The number of nitrogens with one attached hydrogen (secondary N) is 2. The molecule has 2 aliphatic heterocycles. The summed E-state index contributed by atoms with van der Waals surface area (Å²) in [6.45, 7) is 3.53. The van der Waals surface area contributed by atoms with E-state index >= 15 is 8.78 Å². The molecular formula is C35H32F5N7O3. The Balaban J connectivity index is 1.26. The lowest BCUT2D eigenvalue weighted by atomic mass is 9.93. The highest BCUT2D eigenvalue weighted by atomic mass is 19.4. The van der Waals surface area contributed by atoms with Gasteiger partial charge in [0.05, 0.1) is 34.6 Å². The van der Waals surface area contributed by atoms with E-state index in [1.165, 1.54) is 28.8 Å². The fourth-order valence-electron chi connectivity index (χ4n) is 6.64. The zero-order chi connectivity index (χ0) is 35.5. The first-order valence-electron chi connectivity index (χ1n) is 15.9.